The fourth-order valence-corrected chi connectivity index (χ4v) is 2.08. The van der Waals surface area contributed by atoms with Gasteiger partial charge in [-0.2, -0.15) is 0 Å². The van der Waals surface area contributed by atoms with E-state index in [0.717, 1.165) is 12.0 Å². The molecule has 102 valence electrons. The monoisotopic (exact) mass is 250 g/mol. The Morgan fingerprint density at radius 3 is 2.17 bits per heavy atom. The highest BCUT2D eigenvalue weighted by molar-refractivity contribution is 5.28. The molecule has 1 aromatic carbocycles. The van der Waals surface area contributed by atoms with Crippen molar-refractivity contribution in [2.45, 2.75) is 45.6 Å². The zero-order chi connectivity index (χ0) is 13.8. The van der Waals surface area contributed by atoms with Crippen LogP contribution in [0.25, 0.3) is 0 Å². The summed E-state index contributed by atoms with van der Waals surface area (Å²) in [6, 6.07) is 8.29. The second-order valence-corrected chi connectivity index (χ2v) is 6.18. The van der Waals surface area contributed by atoms with Gasteiger partial charge in [0.05, 0.1) is 6.10 Å². The summed E-state index contributed by atoms with van der Waals surface area (Å²) in [4.78, 5) is 0. The molecule has 2 nitrogen and oxygen atoms in total. The Kier molecular flexibility index (Phi) is 5.36. The van der Waals surface area contributed by atoms with Gasteiger partial charge in [0.15, 0.2) is 0 Å². The second kappa shape index (κ2) is 6.35. The predicted molar refractivity (Wildman–Crippen MR) is 75.8 cm³/mol. The zero-order valence-corrected chi connectivity index (χ0v) is 12.2. The third-order valence-corrected chi connectivity index (χ3v) is 3.24. The summed E-state index contributed by atoms with van der Waals surface area (Å²) in [5.74, 6) is 0.368. The standard InChI is InChI=1S/C16H26O2/c1-12(11-18-5)10-15(17)13-6-8-14(9-7-13)16(2,3)4/h6-9,12,15,17H,10-11H2,1-5H3. The molecule has 0 aliphatic heterocycles. The summed E-state index contributed by atoms with van der Waals surface area (Å²) in [6.07, 6.45) is 0.340. The van der Waals surface area contributed by atoms with Crippen molar-refractivity contribution in [3.05, 3.63) is 35.4 Å². The highest BCUT2D eigenvalue weighted by atomic mass is 16.5. The lowest BCUT2D eigenvalue weighted by Gasteiger charge is -2.21. The van der Waals surface area contributed by atoms with E-state index in [0.29, 0.717) is 12.5 Å². The van der Waals surface area contributed by atoms with E-state index in [1.165, 1.54) is 5.56 Å². The molecule has 0 radical (unpaired) electrons. The van der Waals surface area contributed by atoms with Crippen LogP contribution < -0.4 is 0 Å². The van der Waals surface area contributed by atoms with E-state index in [9.17, 15) is 5.11 Å². The summed E-state index contributed by atoms with van der Waals surface area (Å²) in [7, 11) is 1.70. The van der Waals surface area contributed by atoms with Gasteiger partial charge in [-0.1, -0.05) is 52.0 Å². The first-order chi connectivity index (χ1) is 8.34. The average molecular weight is 250 g/mol. The molecule has 1 rings (SSSR count). The first-order valence-corrected chi connectivity index (χ1v) is 6.62. The van der Waals surface area contributed by atoms with Gasteiger partial charge >= 0.3 is 0 Å². The maximum atomic E-state index is 10.2. The Balaban J connectivity index is 2.67. The summed E-state index contributed by atoms with van der Waals surface area (Å²) in [5, 5.41) is 10.2. The molecule has 0 heterocycles. The van der Waals surface area contributed by atoms with E-state index in [1.807, 2.05) is 12.1 Å². The van der Waals surface area contributed by atoms with Gasteiger partial charge in [-0.05, 0) is 28.9 Å². The Hall–Kier alpha value is -0.860. The molecule has 0 amide bonds. The normalized spacial score (nSPS) is 15.4. The quantitative estimate of drug-likeness (QED) is 0.863. The average Bonchev–Trinajstić information content (AvgIpc) is 2.28. The lowest BCUT2D eigenvalue weighted by Crippen LogP contribution is -2.12. The van der Waals surface area contributed by atoms with Gasteiger partial charge in [-0.25, -0.2) is 0 Å². The van der Waals surface area contributed by atoms with Crippen LogP contribution in [0.1, 0.15) is 51.3 Å². The van der Waals surface area contributed by atoms with Crippen LogP contribution >= 0.6 is 0 Å². The molecule has 1 aromatic rings. The molecule has 0 saturated carbocycles. The lowest BCUT2D eigenvalue weighted by atomic mass is 9.86. The molecule has 18 heavy (non-hydrogen) atoms. The maximum absolute atomic E-state index is 10.2. The minimum absolute atomic E-state index is 0.160. The first-order valence-electron chi connectivity index (χ1n) is 6.62. The SMILES string of the molecule is COCC(C)CC(O)c1ccc(C(C)(C)C)cc1. The van der Waals surface area contributed by atoms with Crippen LogP contribution in [0, 0.1) is 5.92 Å². The summed E-state index contributed by atoms with van der Waals surface area (Å²) in [6.45, 7) is 9.37. The largest absolute Gasteiger partial charge is 0.388 e. The van der Waals surface area contributed by atoms with Crippen LogP contribution in [0.4, 0.5) is 0 Å². The molecule has 0 aromatic heterocycles. The topological polar surface area (TPSA) is 29.5 Å². The van der Waals surface area contributed by atoms with Crippen molar-refractivity contribution in [3.8, 4) is 0 Å². The van der Waals surface area contributed by atoms with E-state index >= 15 is 0 Å². The van der Waals surface area contributed by atoms with Crippen LogP contribution in [0.2, 0.25) is 0 Å². The molecular weight excluding hydrogens is 224 g/mol. The smallest absolute Gasteiger partial charge is 0.0793 e. The fraction of sp³-hybridized carbons (Fsp3) is 0.625. The van der Waals surface area contributed by atoms with E-state index in [-0.39, 0.29) is 5.41 Å². The highest BCUT2D eigenvalue weighted by Gasteiger charge is 2.16. The minimum atomic E-state index is -0.399. The zero-order valence-electron chi connectivity index (χ0n) is 12.2. The van der Waals surface area contributed by atoms with Crippen LogP contribution in [-0.2, 0) is 10.2 Å². The number of hydrogen-bond donors (Lipinski definition) is 1. The third kappa shape index (κ3) is 4.43. The number of rotatable bonds is 5. The molecule has 0 saturated heterocycles. The van der Waals surface area contributed by atoms with Gasteiger partial charge in [0.2, 0.25) is 0 Å². The summed E-state index contributed by atoms with van der Waals surface area (Å²) >= 11 is 0. The molecule has 2 atom stereocenters. The van der Waals surface area contributed by atoms with Gasteiger partial charge in [-0.3, -0.25) is 0 Å². The Morgan fingerprint density at radius 2 is 1.72 bits per heavy atom. The van der Waals surface area contributed by atoms with Crippen molar-refractivity contribution < 1.29 is 9.84 Å². The molecule has 0 spiro atoms. The van der Waals surface area contributed by atoms with E-state index in [4.69, 9.17) is 4.74 Å². The van der Waals surface area contributed by atoms with Crippen LogP contribution in [-0.4, -0.2) is 18.8 Å². The molecule has 2 heteroatoms. The molecule has 1 N–H and O–H groups in total. The lowest BCUT2D eigenvalue weighted by molar-refractivity contribution is 0.102. The van der Waals surface area contributed by atoms with Crippen molar-refractivity contribution >= 4 is 0 Å². The van der Waals surface area contributed by atoms with Gasteiger partial charge in [0.25, 0.3) is 0 Å². The van der Waals surface area contributed by atoms with Crippen LogP contribution in [0.3, 0.4) is 0 Å². The summed E-state index contributed by atoms with van der Waals surface area (Å²) in [5.41, 5.74) is 2.45. The number of ether oxygens (including phenoxy) is 1. The van der Waals surface area contributed by atoms with Crippen molar-refractivity contribution in [2.75, 3.05) is 13.7 Å². The van der Waals surface area contributed by atoms with Gasteiger partial charge in [0, 0.05) is 13.7 Å². The number of aliphatic hydroxyl groups is 1. The summed E-state index contributed by atoms with van der Waals surface area (Å²) < 4.78 is 5.09. The van der Waals surface area contributed by atoms with Gasteiger partial charge in [0.1, 0.15) is 0 Å². The first kappa shape index (κ1) is 15.2. The van der Waals surface area contributed by atoms with Gasteiger partial charge in [-0.15, -0.1) is 0 Å². The molecule has 0 fully saturated rings. The minimum Gasteiger partial charge on any atom is -0.388 e. The van der Waals surface area contributed by atoms with Gasteiger partial charge < -0.3 is 9.84 Å². The molecule has 0 aliphatic carbocycles. The van der Waals surface area contributed by atoms with Crippen molar-refractivity contribution in [1.82, 2.24) is 0 Å². The van der Waals surface area contributed by atoms with E-state index in [2.05, 4.69) is 39.8 Å². The maximum Gasteiger partial charge on any atom is 0.0793 e. The van der Waals surface area contributed by atoms with Crippen LogP contribution in [0.15, 0.2) is 24.3 Å². The molecular formula is C16H26O2. The van der Waals surface area contributed by atoms with E-state index in [1.54, 1.807) is 7.11 Å². The molecule has 0 aliphatic rings. The molecule has 0 bridgehead atoms. The number of aliphatic hydroxyl groups excluding tert-OH is 1. The fourth-order valence-electron chi connectivity index (χ4n) is 2.08. The van der Waals surface area contributed by atoms with E-state index < -0.39 is 6.10 Å². The Morgan fingerprint density at radius 1 is 1.17 bits per heavy atom. The Labute approximate surface area is 111 Å². The number of hydrogen-bond acceptors (Lipinski definition) is 2. The van der Waals surface area contributed by atoms with Crippen molar-refractivity contribution in [3.63, 3.8) is 0 Å². The van der Waals surface area contributed by atoms with Crippen molar-refractivity contribution in [2.24, 2.45) is 5.92 Å². The van der Waals surface area contributed by atoms with Crippen LogP contribution in [0.5, 0.6) is 0 Å². The third-order valence-electron chi connectivity index (χ3n) is 3.24. The van der Waals surface area contributed by atoms with Crippen molar-refractivity contribution in [1.29, 1.82) is 0 Å². The predicted octanol–water partition coefficient (Wildman–Crippen LogP) is 3.69. The Bertz CT molecular complexity index is 348. The second-order valence-electron chi connectivity index (χ2n) is 6.18. The number of methoxy groups -OCH3 is 1. The molecule has 2 unspecified atom stereocenters. The number of benzene rings is 1. The highest BCUT2D eigenvalue weighted by Crippen LogP contribution is 2.26.